The summed E-state index contributed by atoms with van der Waals surface area (Å²) in [6, 6.07) is 4.84. The molecule has 0 aliphatic carbocycles. The number of esters is 1. The molecule has 5 nitrogen and oxygen atoms in total. The molecule has 0 saturated heterocycles. The lowest BCUT2D eigenvalue weighted by Gasteiger charge is -2.13. The van der Waals surface area contributed by atoms with Gasteiger partial charge in [0.1, 0.15) is 0 Å². The average molecular weight is 317 g/mol. The predicted molar refractivity (Wildman–Crippen MR) is 83.0 cm³/mol. The van der Waals surface area contributed by atoms with Crippen LogP contribution in [-0.4, -0.2) is 29.5 Å². The summed E-state index contributed by atoms with van der Waals surface area (Å²) in [5, 5.41) is 2.81. The largest absolute Gasteiger partial charge is 0.465 e. The second-order valence-corrected chi connectivity index (χ2v) is 5.74. The molecular weight excluding hydrogens is 300 g/mol. The quantitative estimate of drug-likeness (QED) is 0.622. The van der Waals surface area contributed by atoms with Gasteiger partial charge in [-0.3, -0.25) is 9.59 Å². The van der Waals surface area contributed by atoms with Crippen molar-refractivity contribution in [1.82, 2.24) is 0 Å². The number of thioether (sulfide) groups is 1. The molecular formula is C13H17ClN2O3S. The lowest BCUT2D eigenvalue weighted by atomic mass is 10.2. The first-order chi connectivity index (χ1) is 9.43. The van der Waals surface area contributed by atoms with Crippen LogP contribution in [0.25, 0.3) is 0 Å². The third-order valence-corrected chi connectivity index (χ3v) is 3.75. The van der Waals surface area contributed by atoms with Crippen LogP contribution in [0.4, 0.5) is 11.4 Å². The van der Waals surface area contributed by atoms with E-state index in [9.17, 15) is 9.59 Å². The molecule has 0 saturated carbocycles. The van der Waals surface area contributed by atoms with Crippen molar-refractivity contribution in [3.8, 4) is 0 Å². The summed E-state index contributed by atoms with van der Waals surface area (Å²) < 4.78 is 4.80. The first kappa shape index (κ1) is 16.7. The molecule has 1 unspecified atom stereocenters. The van der Waals surface area contributed by atoms with Gasteiger partial charge in [-0.2, -0.15) is 0 Å². The Hall–Kier alpha value is -1.40. The lowest BCUT2D eigenvalue weighted by molar-refractivity contribution is -0.139. The number of halogens is 1. The van der Waals surface area contributed by atoms with Gasteiger partial charge < -0.3 is 15.8 Å². The van der Waals surface area contributed by atoms with Crippen molar-refractivity contribution in [3.63, 3.8) is 0 Å². The Morgan fingerprint density at radius 1 is 1.50 bits per heavy atom. The number of benzene rings is 1. The van der Waals surface area contributed by atoms with Gasteiger partial charge in [-0.1, -0.05) is 11.6 Å². The number of nitrogens with two attached hydrogens (primary N) is 1. The van der Waals surface area contributed by atoms with Gasteiger partial charge in [-0.05, 0) is 32.0 Å². The number of ether oxygens (including phenoxy) is 1. The minimum absolute atomic E-state index is 0.137. The normalized spacial score (nSPS) is 11.8. The molecule has 0 radical (unpaired) electrons. The molecule has 0 heterocycles. The Bertz CT molecular complexity index is 497. The van der Waals surface area contributed by atoms with Crippen LogP contribution < -0.4 is 11.1 Å². The molecule has 1 rings (SSSR count). The summed E-state index contributed by atoms with van der Waals surface area (Å²) >= 11 is 6.99. The molecule has 0 aliphatic rings. The van der Waals surface area contributed by atoms with Crippen molar-refractivity contribution in [1.29, 1.82) is 0 Å². The molecule has 1 amide bonds. The summed E-state index contributed by atoms with van der Waals surface area (Å²) in [4.78, 5) is 23.2. The van der Waals surface area contributed by atoms with Crippen LogP contribution in [-0.2, 0) is 14.3 Å². The predicted octanol–water partition coefficient (Wildman–Crippen LogP) is 2.55. The van der Waals surface area contributed by atoms with Crippen molar-refractivity contribution >= 4 is 46.6 Å². The van der Waals surface area contributed by atoms with Gasteiger partial charge in [0.05, 0.1) is 29.0 Å². The molecule has 0 aromatic heterocycles. The van der Waals surface area contributed by atoms with Crippen molar-refractivity contribution in [2.75, 3.05) is 23.4 Å². The van der Waals surface area contributed by atoms with Crippen molar-refractivity contribution < 1.29 is 14.3 Å². The number of nitrogens with one attached hydrogen (secondary N) is 1. The second kappa shape index (κ2) is 8.01. The Morgan fingerprint density at radius 3 is 2.80 bits per heavy atom. The standard InChI is InChI=1S/C13H17ClN2O3S/c1-3-19-12(17)7-20-8(2)13(18)16-11-5-4-9(14)6-10(11)15/h4-6,8H,3,7,15H2,1-2H3,(H,16,18). The van der Waals surface area contributed by atoms with Crippen LogP contribution in [0.1, 0.15) is 13.8 Å². The van der Waals surface area contributed by atoms with Crippen molar-refractivity contribution in [2.45, 2.75) is 19.1 Å². The number of anilines is 2. The van der Waals surface area contributed by atoms with Crippen LogP contribution in [0.5, 0.6) is 0 Å². The monoisotopic (exact) mass is 316 g/mol. The number of carbonyl (C=O) groups excluding carboxylic acids is 2. The van der Waals surface area contributed by atoms with E-state index in [4.69, 9.17) is 22.1 Å². The van der Waals surface area contributed by atoms with E-state index in [2.05, 4.69) is 5.32 Å². The number of carbonyl (C=O) groups is 2. The van der Waals surface area contributed by atoms with Gasteiger partial charge in [-0.25, -0.2) is 0 Å². The average Bonchev–Trinajstić information content (AvgIpc) is 2.39. The fourth-order valence-electron chi connectivity index (χ4n) is 1.35. The molecule has 110 valence electrons. The maximum absolute atomic E-state index is 11.9. The minimum Gasteiger partial charge on any atom is -0.465 e. The third-order valence-electron chi connectivity index (χ3n) is 2.40. The Balaban J connectivity index is 2.51. The van der Waals surface area contributed by atoms with E-state index >= 15 is 0 Å². The zero-order valence-electron chi connectivity index (χ0n) is 11.3. The molecule has 1 aromatic carbocycles. The fourth-order valence-corrected chi connectivity index (χ4v) is 2.21. The number of nitrogen functional groups attached to an aromatic ring is 1. The smallest absolute Gasteiger partial charge is 0.315 e. The first-order valence-corrected chi connectivity index (χ1v) is 7.49. The first-order valence-electron chi connectivity index (χ1n) is 6.07. The van der Waals surface area contributed by atoms with Gasteiger partial charge in [0.2, 0.25) is 5.91 Å². The van der Waals surface area contributed by atoms with Crippen molar-refractivity contribution in [2.24, 2.45) is 0 Å². The zero-order valence-corrected chi connectivity index (χ0v) is 12.9. The highest BCUT2D eigenvalue weighted by molar-refractivity contribution is 8.01. The number of hydrogen-bond donors (Lipinski definition) is 2. The number of amides is 1. The van der Waals surface area contributed by atoms with E-state index in [1.807, 2.05) is 0 Å². The van der Waals surface area contributed by atoms with Gasteiger partial charge in [0, 0.05) is 5.02 Å². The van der Waals surface area contributed by atoms with Crippen LogP contribution >= 0.6 is 23.4 Å². The zero-order chi connectivity index (χ0) is 15.1. The summed E-state index contributed by atoms with van der Waals surface area (Å²) in [5.41, 5.74) is 6.65. The molecule has 7 heteroatoms. The Kier molecular flexibility index (Phi) is 6.67. The summed E-state index contributed by atoms with van der Waals surface area (Å²) in [6.45, 7) is 3.79. The highest BCUT2D eigenvalue weighted by atomic mass is 35.5. The van der Waals surface area contributed by atoms with Crippen LogP contribution in [0, 0.1) is 0 Å². The number of rotatable bonds is 6. The van der Waals surface area contributed by atoms with Crippen LogP contribution in [0.15, 0.2) is 18.2 Å². The summed E-state index contributed by atoms with van der Waals surface area (Å²) in [6.07, 6.45) is 0. The molecule has 20 heavy (non-hydrogen) atoms. The summed E-state index contributed by atoms with van der Waals surface area (Å²) in [7, 11) is 0. The molecule has 0 bridgehead atoms. The highest BCUT2D eigenvalue weighted by Crippen LogP contribution is 2.23. The number of hydrogen-bond acceptors (Lipinski definition) is 5. The van der Waals surface area contributed by atoms with E-state index < -0.39 is 5.25 Å². The van der Waals surface area contributed by atoms with Crippen LogP contribution in [0.2, 0.25) is 5.02 Å². The maximum atomic E-state index is 11.9. The van der Waals surface area contributed by atoms with E-state index in [1.54, 1.807) is 32.0 Å². The SMILES string of the molecule is CCOC(=O)CSC(C)C(=O)Nc1ccc(Cl)cc1N. The summed E-state index contributed by atoms with van der Waals surface area (Å²) in [5.74, 6) is -0.421. The van der Waals surface area contributed by atoms with Gasteiger partial charge in [0.15, 0.2) is 0 Å². The molecule has 3 N–H and O–H groups in total. The van der Waals surface area contributed by atoms with E-state index in [0.717, 1.165) is 0 Å². The topological polar surface area (TPSA) is 81.4 Å². The van der Waals surface area contributed by atoms with Gasteiger partial charge in [0.25, 0.3) is 0 Å². The second-order valence-electron chi connectivity index (χ2n) is 3.98. The Morgan fingerprint density at radius 2 is 2.20 bits per heavy atom. The highest BCUT2D eigenvalue weighted by Gasteiger charge is 2.16. The van der Waals surface area contributed by atoms with Crippen molar-refractivity contribution in [3.05, 3.63) is 23.2 Å². The molecule has 0 fully saturated rings. The molecule has 1 atom stereocenters. The van der Waals surface area contributed by atoms with Crippen LogP contribution in [0.3, 0.4) is 0 Å². The molecule has 0 aliphatic heterocycles. The lowest BCUT2D eigenvalue weighted by Crippen LogP contribution is -2.24. The molecule has 0 spiro atoms. The van der Waals surface area contributed by atoms with E-state index in [1.165, 1.54) is 11.8 Å². The minimum atomic E-state index is -0.394. The third kappa shape index (κ3) is 5.30. The van der Waals surface area contributed by atoms with Gasteiger partial charge >= 0.3 is 5.97 Å². The Labute approximate surface area is 127 Å². The van der Waals surface area contributed by atoms with E-state index in [0.29, 0.717) is 23.0 Å². The van der Waals surface area contributed by atoms with Gasteiger partial charge in [-0.15, -0.1) is 11.8 Å². The molecule has 1 aromatic rings. The van der Waals surface area contributed by atoms with E-state index in [-0.39, 0.29) is 17.6 Å². The maximum Gasteiger partial charge on any atom is 0.315 e. The fraction of sp³-hybridized carbons (Fsp3) is 0.385.